The number of benzene rings is 1. The molecular weight excluding hydrogens is 180 g/mol. The molecule has 0 spiro atoms. The lowest BCUT2D eigenvalue weighted by Gasteiger charge is -2.00. The molecule has 0 fully saturated rings. The molecule has 3 nitrogen and oxygen atoms in total. The summed E-state index contributed by atoms with van der Waals surface area (Å²) in [7, 11) is 0. The van der Waals surface area contributed by atoms with E-state index < -0.39 is 5.43 Å². The first-order chi connectivity index (χ1) is 5.74. The molecule has 0 aliphatic rings. The maximum atomic E-state index is 10.4. The minimum atomic E-state index is -0.954. The Morgan fingerprint density at radius 2 is 2.08 bits per heavy atom. The number of carbonyl (C=O) groups excluding carboxylic acids is 2. The van der Waals surface area contributed by atoms with Crippen LogP contribution in [0.3, 0.4) is 0 Å². The minimum absolute atomic E-state index is 0.174. The highest BCUT2D eigenvalue weighted by Gasteiger charge is 2.04. The topological polar surface area (TPSA) is 43.4 Å². The van der Waals surface area contributed by atoms with Crippen LogP contribution in [0.1, 0.15) is 10.4 Å². The summed E-state index contributed by atoms with van der Waals surface area (Å²) < 4.78 is 4.53. The Hall–Kier alpha value is -1.35. The molecule has 62 valence electrons. The molecule has 12 heavy (non-hydrogen) atoms. The van der Waals surface area contributed by atoms with Gasteiger partial charge in [0, 0.05) is 11.6 Å². The largest absolute Gasteiger partial charge is 0.414 e. The fourth-order valence-electron chi connectivity index (χ4n) is 0.757. The predicted molar refractivity (Wildman–Crippen MR) is 43.7 cm³/mol. The molecule has 1 aromatic carbocycles. The summed E-state index contributed by atoms with van der Waals surface area (Å²) in [6.45, 7) is 0. The van der Waals surface area contributed by atoms with Gasteiger partial charge in [-0.1, -0.05) is 12.1 Å². The van der Waals surface area contributed by atoms with Crippen LogP contribution in [0, 0.1) is 0 Å². The zero-order valence-electron chi connectivity index (χ0n) is 5.99. The normalized spacial score (nSPS) is 9.08. The van der Waals surface area contributed by atoms with Crippen LogP contribution in [-0.2, 0) is 0 Å². The second-order valence-corrected chi connectivity index (χ2v) is 2.30. The van der Waals surface area contributed by atoms with Gasteiger partial charge in [0.25, 0.3) is 0 Å². The smallest absolute Gasteiger partial charge is 0.409 e. The summed E-state index contributed by atoms with van der Waals surface area (Å²) in [5.74, 6) is 0.174. The first-order valence-corrected chi connectivity index (χ1v) is 3.53. The molecule has 0 atom stereocenters. The van der Waals surface area contributed by atoms with Crippen LogP contribution in [0.5, 0.6) is 5.75 Å². The van der Waals surface area contributed by atoms with Crippen molar-refractivity contribution in [3.05, 3.63) is 29.8 Å². The Labute approximate surface area is 73.9 Å². The maximum absolute atomic E-state index is 10.4. The summed E-state index contributed by atoms with van der Waals surface area (Å²) >= 11 is 4.96. The lowest BCUT2D eigenvalue weighted by molar-refractivity contribution is 0.112. The van der Waals surface area contributed by atoms with Gasteiger partial charge in [-0.2, -0.15) is 0 Å². The monoisotopic (exact) mass is 184 g/mol. The molecule has 0 saturated heterocycles. The summed E-state index contributed by atoms with van der Waals surface area (Å²) in [6, 6.07) is 6.32. The number of hydrogen-bond donors (Lipinski definition) is 0. The van der Waals surface area contributed by atoms with Gasteiger partial charge in [-0.15, -0.1) is 0 Å². The number of para-hydroxylation sites is 1. The second-order valence-electron chi connectivity index (χ2n) is 2.00. The second kappa shape index (κ2) is 3.88. The van der Waals surface area contributed by atoms with E-state index in [9.17, 15) is 9.59 Å². The average molecular weight is 185 g/mol. The molecule has 0 N–H and O–H groups in total. The van der Waals surface area contributed by atoms with Crippen molar-refractivity contribution in [2.45, 2.75) is 0 Å². The first-order valence-electron chi connectivity index (χ1n) is 3.15. The lowest BCUT2D eigenvalue weighted by atomic mass is 10.2. The van der Waals surface area contributed by atoms with Crippen molar-refractivity contribution in [2.75, 3.05) is 0 Å². The predicted octanol–water partition coefficient (Wildman–Crippen LogP) is 2.24. The molecule has 0 bridgehead atoms. The molecular formula is C8H5ClO3. The highest BCUT2D eigenvalue weighted by atomic mass is 35.5. The Kier molecular flexibility index (Phi) is 2.82. The van der Waals surface area contributed by atoms with E-state index in [1.807, 2.05) is 0 Å². The van der Waals surface area contributed by atoms with Gasteiger partial charge in [0.2, 0.25) is 0 Å². The van der Waals surface area contributed by atoms with Crippen LogP contribution >= 0.6 is 11.6 Å². The van der Waals surface area contributed by atoms with Gasteiger partial charge < -0.3 is 4.74 Å². The van der Waals surface area contributed by atoms with Crippen LogP contribution in [0.4, 0.5) is 4.79 Å². The van der Waals surface area contributed by atoms with Crippen molar-refractivity contribution in [3.8, 4) is 5.75 Å². The lowest BCUT2D eigenvalue weighted by Crippen LogP contribution is -1.98. The molecule has 4 heteroatoms. The van der Waals surface area contributed by atoms with E-state index in [-0.39, 0.29) is 5.75 Å². The van der Waals surface area contributed by atoms with Crippen molar-refractivity contribution in [1.29, 1.82) is 0 Å². The van der Waals surface area contributed by atoms with Crippen molar-refractivity contribution < 1.29 is 14.3 Å². The van der Waals surface area contributed by atoms with Crippen LogP contribution in [-0.4, -0.2) is 11.7 Å². The van der Waals surface area contributed by atoms with E-state index in [0.717, 1.165) is 0 Å². The summed E-state index contributed by atoms with van der Waals surface area (Å²) in [5.41, 5.74) is -0.657. The summed E-state index contributed by atoms with van der Waals surface area (Å²) in [5, 5.41) is 0. The Bertz CT molecular complexity index is 309. The highest BCUT2D eigenvalue weighted by molar-refractivity contribution is 6.61. The van der Waals surface area contributed by atoms with E-state index in [2.05, 4.69) is 4.74 Å². The SMILES string of the molecule is O=Cc1ccccc1OC(=O)Cl. The van der Waals surface area contributed by atoms with Gasteiger partial charge in [-0.25, -0.2) is 4.79 Å². The van der Waals surface area contributed by atoms with E-state index >= 15 is 0 Å². The third kappa shape index (κ3) is 2.07. The van der Waals surface area contributed by atoms with E-state index in [0.29, 0.717) is 11.8 Å². The zero-order chi connectivity index (χ0) is 8.97. The van der Waals surface area contributed by atoms with Crippen molar-refractivity contribution in [2.24, 2.45) is 0 Å². The summed E-state index contributed by atoms with van der Waals surface area (Å²) in [6.07, 6.45) is 0.592. The van der Waals surface area contributed by atoms with Gasteiger partial charge in [0.15, 0.2) is 6.29 Å². The molecule has 0 aliphatic heterocycles. The fraction of sp³-hybridized carbons (Fsp3) is 0. The Morgan fingerprint density at radius 3 is 2.67 bits per heavy atom. The molecule has 0 aliphatic carbocycles. The molecule has 0 unspecified atom stereocenters. The van der Waals surface area contributed by atoms with Gasteiger partial charge in [0.1, 0.15) is 5.75 Å². The molecule has 1 aromatic rings. The fourth-order valence-corrected chi connectivity index (χ4v) is 0.840. The first kappa shape index (κ1) is 8.74. The molecule has 1 rings (SSSR count). The highest BCUT2D eigenvalue weighted by Crippen LogP contribution is 2.16. The van der Waals surface area contributed by atoms with Crippen LogP contribution in [0.2, 0.25) is 0 Å². The van der Waals surface area contributed by atoms with E-state index in [1.54, 1.807) is 12.1 Å². The number of halogens is 1. The molecule has 0 saturated carbocycles. The van der Waals surface area contributed by atoms with Crippen LogP contribution < -0.4 is 4.74 Å². The third-order valence-electron chi connectivity index (χ3n) is 1.24. The van der Waals surface area contributed by atoms with Crippen molar-refractivity contribution >= 4 is 23.3 Å². The number of rotatable bonds is 2. The number of aldehydes is 1. The number of hydrogen-bond acceptors (Lipinski definition) is 3. The molecule has 0 amide bonds. The zero-order valence-corrected chi connectivity index (χ0v) is 6.75. The Balaban J connectivity index is 2.96. The quantitative estimate of drug-likeness (QED) is 0.523. The van der Waals surface area contributed by atoms with Crippen molar-refractivity contribution in [3.63, 3.8) is 0 Å². The number of ether oxygens (including phenoxy) is 1. The minimum Gasteiger partial charge on any atom is -0.414 e. The summed E-state index contributed by atoms with van der Waals surface area (Å²) in [4.78, 5) is 20.7. The van der Waals surface area contributed by atoms with E-state index in [4.69, 9.17) is 11.6 Å². The van der Waals surface area contributed by atoms with Gasteiger partial charge in [0.05, 0.1) is 5.56 Å². The molecule has 0 heterocycles. The molecule has 0 aromatic heterocycles. The Morgan fingerprint density at radius 1 is 1.42 bits per heavy atom. The number of carbonyl (C=O) groups is 2. The van der Waals surface area contributed by atoms with Gasteiger partial charge in [-0.05, 0) is 12.1 Å². The maximum Gasteiger partial charge on any atom is 0.409 e. The van der Waals surface area contributed by atoms with Gasteiger partial charge in [-0.3, -0.25) is 4.79 Å². The standard InChI is InChI=1S/C8H5ClO3/c9-8(11)12-7-4-2-1-3-6(7)5-10/h1-5H. The van der Waals surface area contributed by atoms with Gasteiger partial charge >= 0.3 is 5.43 Å². The average Bonchev–Trinajstić information content (AvgIpc) is 2.04. The van der Waals surface area contributed by atoms with Crippen molar-refractivity contribution in [1.82, 2.24) is 0 Å². The van der Waals surface area contributed by atoms with Crippen LogP contribution in [0.15, 0.2) is 24.3 Å². The molecule has 0 radical (unpaired) electrons. The third-order valence-corrected chi connectivity index (χ3v) is 1.31. The van der Waals surface area contributed by atoms with Crippen LogP contribution in [0.25, 0.3) is 0 Å². The van der Waals surface area contributed by atoms with E-state index in [1.165, 1.54) is 12.1 Å².